The van der Waals surface area contributed by atoms with E-state index in [0.717, 1.165) is 42.7 Å². The molecule has 2 aromatic heterocycles. The molecule has 0 atom stereocenters. The molecule has 1 radical (unpaired) electrons. The number of nitrogens with zero attached hydrogens (tertiary/aromatic N) is 3. The molecule has 1 saturated heterocycles. The highest BCUT2D eigenvalue weighted by molar-refractivity contribution is 6.33. The van der Waals surface area contributed by atoms with E-state index in [4.69, 9.17) is 21.3 Å². The number of ether oxygens (including phenoxy) is 1. The van der Waals surface area contributed by atoms with Crippen LogP contribution in [0.1, 0.15) is 43.6 Å². The highest BCUT2D eigenvalue weighted by Crippen LogP contribution is 2.33. The predicted molar refractivity (Wildman–Crippen MR) is 106 cm³/mol. The van der Waals surface area contributed by atoms with Gasteiger partial charge in [0.05, 0.1) is 16.2 Å². The van der Waals surface area contributed by atoms with Crippen LogP contribution in [-0.4, -0.2) is 37.3 Å². The molecule has 7 heteroatoms. The first-order valence-electron chi connectivity index (χ1n) is 9.90. The van der Waals surface area contributed by atoms with E-state index < -0.39 is 0 Å². The number of rotatable bonds is 4. The second kappa shape index (κ2) is 7.80. The lowest BCUT2D eigenvalue weighted by molar-refractivity contribution is -0.577. The molecule has 147 valence electrons. The molecule has 1 aliphatic heterocycles. The standard InChI is InChI=1S/C21H22ClIN4O/c22-17-12-18-20(26-21(24-18)28-16-2-1-3-16)25-19(17)15-6-4-13(5-7-15)14-8-10-27(23)11-9-14/h4-7,12,14,16H,1-3,8-11H2,(H,24,25,26)/q-1. The quantitative estimate of drug-likeness (QED) is 0.432. The SMILES string of the molecule is Clc1cc2[nH]c(OC3CCC3)nc2nc1-c1ccc(C2CCN([I-])CC2)cc1. The van der Waals surface area contributed by atoms with Crippen LogP contribution < -0.4 is 27.6 Å². The highest BCUT2D eigenvalue weighted by Gasteiger charge is 2.21. The van der Waals surface area contributed by atoms with Crippen molar-refractivity contribution in [3.63, 3.8) is 0 Å². The zero-order valence-electron chi connectivity index (χ0n) is 15.5. The fourth-order valence-corrected chi connectivity index (χ4v) is 4.71. The summed E-state index contributed by atoms with van der Waals surface area (Å²) in [4.78, 5) is 12.4. The first-order chi connectivity index (χ1) is 13.7. The molecule has 1 aliphatic carbocycles. The van der Waals surface area contributed by atoms with Gasteiger partial charge < -0.3 is 35.7 Å². The van der Waals surface area contributed by atoms with Crippen molar-refractivity contribution in [2.75, 3.05) is 13.1 Å². The van der Waals surface area contributed by atoms with Crippen LogP contribution in [0.25, 0.3) is 22.4 Å². The summed E-state index contributed by atoms with van der Waals surface area (Å²) in [5, 5.41) is 0.623. The van der Waals surface area contributed by atoms with Gasteiger partial charge in [-0.1, -0.05) is 35.9 Å². The molecule has 0 amide bonds. The van der Waals surface area contributed by atoms with Gasteiger partial charge in [0.25, 0.3) is 6.01 Å². The monoisotopic (exact) mass is 508 g/mol. The van der Waals surface area contributed by atoms with Gasteiger partial charge in [0.15, 0.2) is 5.65 Å². The van der Waals surface area contributed by atoms with E-state index in [2.05, 4.69) is 60.2 Å². The van der Waals surface area contributed by atoms with Crippen LogP contribution >= 0.6 is 11.6 Å². The van der Waals surface area contributed by atoms with Crippen LogP contribution in [-0.2, 0) is 0 Å². The summed E-state index contributed by atoms with van der Waals surface area (Å²) in [7, 11) is 0. The Bertz CT molecular complexity index is 978. The molecule has 1 N–H and O–H groups in total. The second-order valence-electron chi connectivity index (χ2n) is 7.71. The van der Waals surface area contributed by atoms with Crippen molar-refractivity contribution < 1.29 is 27.6 Å². The number of piperidine rings is 1. The Labute approximate surface area is 183 Å². The summed E-state index contributed by atoms with van der Waals surface area (Å²) in [5.74, 6) is 0.642. The van der Waals surface area contributed by atoms with Crippen molar-refractivity contribution in [3.05, 3.63) is 40.9 Å². The number of fused-ring (bicyclic) bond motifs is 1. The molecule has 0 bridgehead atoms. The van der Waals surface area contributed by atoms with Gasteiger partial charge >= 0.3 is 0 Å². The van der Waals surface area contributed by atoms with E-state index in [9.17, 15) is 0 Å². The van der Waals surface area contributed by atoms with Gasteiger partial charge in [0.1, 0.15) is 6.10 Å². The van der Waals surface area contributed by atoms with Crippen molar-refractivity contribution in [1.82, 2.24) is 18.1 Å². The minimum Gasteiger partial charge on any atom is -0.699 e. The Morgan fingerprint density at radius 1 is 1.07 bits per heavy atom. The van der Waals surface area contributed by atoms with Gasteiger partial charge in [-0.05, 0) is 62.7 Å². The molecule has 1 saturated carbocycles. The summed E-state index contributed by atoms with van der Waals surface area (Å²) < 4.78 is 8.23. The normalized spacial score (nSPS) is 19.1. The molecule has 0 spiro atoms. The zero-order chi connectivity index (χ0) is 19.1. The molecule has 3 heterocycles. The zero-order valence-corrected chi connectivity index (χ0v) is 18.4. The molecule has 1 aromatic carbocycles. The van der Waals surface area contributed by atoms with Crippen LogP contribution in [0.4, 0.5) is 0 Å². The summed E-state index contributed by atoms with van der Waals surface area (Å²) in [6, 6.07) is 11.1. The first kappa shape index (κ1) is 18.6. The van der Waals surface area contributed by atoms with Crippen LogP contribution in [0.2, 0.25) is 5.02 Å². The number of hydrogen-bond acceptors (Lipinski definition) is 4. The number of aromatic nitrogens is 3. The Morgan fingerprint density at radius 3 is 2.50 bits per heavy atom. The van der Waals surface area contributed by atoms with Crippen LogP contribution in [0, 0.1) is 0 Å². The Hall–Kier alpha value is -1.38. The van der Waals surface area contributed by atoms with E-state index in [0.29, 0.717) is 22.6 Å². The summed E-state index contributed by atoms with van der Waals surface area (Å²) in [5.41, 5.74) is 4.65. The molecule has 5 nitrogen and oxygen atoms in total. The minimum absolute atomic E-state index is 0.280. The summed E-state index contributed by atoms with van der Waals surface area (Å²) >= 11 is 8.95. The molecule has 5 rings (SSSR count). The lowest BCUT2D eigenvalue weighted by Crippen LogP contribution is -3.41. The molecule has 2 fully saturated rings. The van der Waals surface area contributed by atoms with Crippen molar-refractivity contribution in [2.24, 2.45) is 0 Å². The van der Waals surface area contributed by atoms with Gasteiger partial charge in [-0.15, -0.1) is 0 Å². The number of imidazole rings is 1. The van der Waals surface area contributed by atoms with Gasteiger partial charge in [0, 0.05) is 5.56 Å². The maximum Gasteiger partial charge on any atom is 0.296 e. The number of nitrogens with one attached hydrogen (secondary N) is 1. The highest BCUT2D eigenvalue weighted by atomic mass is 127. The van der Waals surface area contributed by atoms with Gasteiger partial charge in [-0.3, -0.25) is 0 Å². The van der Waals surface area contributed by atoms with E-state index in [1.54, 1.807) is 0 Å². The number of halogens is 2. The van der Waals surface area contributed by atoms with Gasteiger partial charge in [0.2, 0.25) is 0 Å². The molecule has 0 unspecified atom stereocenters. The lowest BCUT2D eigenvalue weighted by atomic mass is 9.89. The Kier molecular flexibility index (Phi) is 5.19. The average Bonchev–Trinajstić information content (AvgIpc) is 3.06. The van der Waals surface area contributed by atoms with Crippen molar-refractivity contribution in [3.8, 4) is 17.3 Å². The molecular weight excluding hydrogens is 487 g/mol. The van der Waals surface area contributed by atoms with Crippen molar-refractivity contribution in [2.45, 2.75) is 44.1 Å². The molecular formula is C21H22ClIN4O-. The number of pyridine rings is 1. The number of H-pyrrole nitrogens is 1. The molecule has 3 aromatic rings. The van der Waals surface area contributed by atoms with Gasteiger partial charge in [-0.2, -0.15) is 4.98 Å². The van der Waals surface area contributed by atoms with Crippen LogP contribution in [0.3, 0.4) is 0 Å². The first-order valence-corrected chi connectivity index (χ1v) is 11.2. The van der Waals surface area contributed by atoms with Crippen LogP contribution in [0.15, 0.2) is 30.3 Å². The second-order valence-corrected chi connectivity index (χ2v) is 9.48. The lowest BCUT2D eigenvalue weighted by Gasteiger charge is -2.37. The van der Waals surface area contributed by atoms with Crippen LogP contribution in [0.5, 0.6) is 6.01 Å². The smallest absolute Gasteiger partial charge is 0.296 e. The number of benzene rings is 1. The minimum atomic E-state index is 0.280. The molecule has 28 heavy (non-hydrogen) atoms. The number of hydrogen-bond donors (Lipinski definition) is 1. The van der Waals surface area contributed by atoms with Crippen molar-refractivity contribution in [1.29, 1.82) is 0 Å². The topological polar surface area (TPSA) is 54.0 Å². The predicted octanol–water partition coefficient (Wildman–Crippen LogP) is 1.86. The third kappa shape index (κ3) is 3.74. The summed E-state index contributed by atoms with van der Waals surface area (Å²) in [6.07, 6.45) is 6.13. The van der Waals surface area contributed by atoms with E-state index in [1.165, 1.54) is 24.8 Å². The fourth-order valence-electron chi connectivity index (χ4n) is 3.89. The molecule has 2 aliphatic rings. The number of aromatic amines is 1. The third-order valence-electron chi connectivity index (χ3n) is 5.83. The average molecular weight is 509 g/mol. The van der Waals surface area contributed by atoms with E-state index in [-0.39, 0.29) is 6.10 Å². The Balaban J connectivity index is 1.39. The maximum atomic E-state index is 6.54. The van der Waals surface area contributed by atoms with Crippen molar-refractivity contribution >= 4 is 22.8 Å². The van der Waals surface area contributed by atoms with E-state index >= 15 is 0 Å². The Morgan fingerprint density at radius 2 is 1.82 bits per heavy atom. The largest absolute Gasteiger partial charge is 0.699 e. The maximum absolute atomic E-state index is 6.54. The van der Waals surface area contributed by atoms with Gasteiger partial charge in [-0.25, -0.2) is 4.98 Å². The third-order valence-corrected chi connectivity index (χ3v) is 7.08. The summed E-state index contributed by atoms with van der Waals surface area (Å²) in [6.45, 7) is 2.31. The van der Waals surface area contributed by atoms with E-state index in [1.807, 2.05) is 6.07 Å². The fraction of sp³-hybridized carbons (Fsp3) is 0.429.